The van der Waals surface area contributed by atoms with Crippen LogP contribution in [0.4, 0.5) is 0 Å². The number of likely N-dealkylation sites (tertiary alicyclic amines) is 1. The average molecular weight is 464 g/mol. The Morgan fingerprint density at radius 1 is 1.29 bits per heavy atom. The highest BCUT2D eigenvalue weighted by Gasteiger charge is 2.26. The molecule has 31 heavy (non-hydrogen) atoms. The summed E-state index contributed by atoms with van der Waals surface area (Å²) in [5, 5.41) is 10.7. The molecule has 1 aromatic heterocycles. The van der Waals surface area contributed by atoms with Gasteiger partial charge in [-0.05, 0) is 42.8 Å². The molecule has 1 aliphatic rings. The Bertz CT molecular complexity index is 1020. The van der Waals surface area contributed by atoms with Gasteiger partial charge >= 0.3 is 0 Å². The molecule has 0 bridgehead atoms. The highest BCUT2D eigenvalue weighted by molar-refractivity contribution is 7.91. The molecule has 3 rings (SSSR count). The maximum Gasteiger partial charge on any atom is 0.250 e. The highest BCUT2D eigenvalue weighted by Crippen LogP contribution is 2.28. The van der Waals surface area contributed by atoms with E-state index in [0.717, 1.165) is 0 Å². The van der Waals surface area contributed by atoms with Crippen molar-refractivity contribution in [3.05, 3.63) is 41.3 Å². The van der Waals surface area contributed by atoms with Crippen LogP contribution in [-0.2, 0) is 14.8 Å². The fourth-order valence-electron chi connectivity index (χ4n) is 3.36. The molecule has 2 heterocycles. The van der Waals surface area contributed by atoms with Gasteiger partial charge < -0.3 is 14.4 Å². The quantitative estimate of drug-likeness (QED) is 0.573. The summed E-state index contributed by atoms with van der Waals surface area (Å²) in [5.74, 6) is 1.06. The predicted molar refractivity (Wildman–Crippen MR) is 117 cm³/mol. The monoisotopic (exact) mass is 463 g/mol. The van der Waals surface area contributed by atoms with E-state index in [1.807, 2.05) is 6.07 Å². The van der Waals surface area contributed by atoms with Crippen LogP contribution in [0.1, 0.15) is 31.2 Å². The number of carbonyl (C=O) groups excluding carboxylic acids is 1. The van der Waals surface area contributed by atoms with Crippen molar-refractivity contribution in [2.24, 2.45) is 0 Å². The number of carbonyl (C=O) groups is 1. The fourth-order valence-corrected chi connectivity index (χ4v) is 5.68. The molecule has 0 saturated carbocycles. The number of nitrogens with one attached hydrogen (secondary N) is 1. The van der Waals surface area contributed by atoms with E-state index < -0.39 is 10.0 Å². The molecule has 1 aliphatic heterocycles. The van der Waals surface area contributed by atoms with E-state index >= 15 is 0 Å². The molecule has 8 nitrogen and oxygen atoms in total. The summed E-state index contributed by atoms with van der Waals surface area (Å²) >= 11 is 1.19. The molecule has 2 aromatic rings. The summed E-state index contributed by atoms with van der Waals surface area (Å²) in [6.45, 7) is 1.41. The lowest BCUT2D eigenvalue weighted by Crippen LogP contribution is -2.46. The van der Waals surface area contributed by atoms with Crippen molar-refractivity contribution in [2.75, 3.05) is 26.8 Å². The summed E-state index contributed by atoms with van der Waals surface area (Å²) in [6.07, 6.45) is 2.08. The van der Waals surface area contributed by atoms with Crippen molar-refractivity contribution < 1.29 is 22.7 Å². The number of hydrogen-bond acceptors (Lipinski definition) is 7. The van der Waals surface area contributed by atoms with Crippen LogP contribution in [0, 0.1) is 11.3 Å². The summed E-state index contributed by atoms with van der Waals surface area (Å²) in [6, 6.07) is 10.1. The molecule has 0 spiro atoms. The van der Waals surface area contributed by atoms with Gasteiger partial charge in [0.1, 0.15) is 4.21 Å². The standard InChI is InChI=1S/C21H25N3O5S2/c1-28-19-14-16(15-22)6-7-18(19)29-12-2-4-20(25)24-10-8-17(9-11-24)23-31(26,27)21-5-3-13-30-21/h3,5-7,13-14,17,23H,2,4,8-12H2,1H3. The van der Waals surface area contributed by atoms with E-state index in [1.165, 1.54) is 18.4 Å². The van der Waals surface area contributed by atoms with Crippen LogP contribution >= 0.6 is 11.3 Å². The van der Waals surface area contributed by atoms with Crippen molar-refractivity contribution >= 4 is 27.3 Å². The number of piperidine rings is 1. The Balaban J connectivity index is 1.39. The predicted octanol–water partition coefficient (Wildman–Crippen LogP) is 2.76. The van der Waals surface area contributed by atoms with Gasteiger partial charge in [0.15, 0.2) is 11.5 Å². The Kier molecular flexibility index (Phi) is 7.90. The van der Waals surface area contributed by atoms with E-state index in [-0.39, 0.29) is 11.9 Å². The van der Waals surface area contributed by atoms with E-state index in [9.17, 15) is 13.2 Å². The first kappa shape index (κ1) is 23.1. The van der Waals surface area contributed by atoms with Crippen molar-refractivity contribution in [3.63, 3.8) is 0 Å². The first-order valence-corrected chi connectivity index (χ1v) is 12.3. The average Bonchev–Trinajstić information content (AvgIpc) is 3.33. The molecule has 1 fully saturated rings. The van der Waals surface area contributed by atoms with Crippen LogP contribution in [-0.4, -0.2) is 52.1 Å². The Morgan fingerprint density at radius 2 is 2.06 bits per heavy atom. The molecule has 0 atom stereocenters. The summed E-state index contributed by atoms with van der Waals surface area (Å²) < 4.78 is 38.6. The molecule has 10 heteroatoms. The number of nitriles is 1. The van der Waals surface area contributed by atoms with Gasteiger partial charge in [0.25, 0.3) is 0 Å². The van der Waals surface area contributed by atoms with Gasteiger partial charge in [0.05, 0.1) is 25.3 Å². The van der Waals surface area contributed by atoms with Crippen molar-refractivity contribution in [3.8, 4) is 17.6 Å². The van der Waals surface area contributed by atoms with E-state index in [2.05, 4.69) is 4.72 Å². The number of benzene rings is 1. The SMILES string of the molecule is COc1cc(C#N)ccc1OCCCC(=O)N1CCC(NS(=O)(=O)c2cccs2)CC1. The fraction of sp³-hybridized carbons (Fsp3) is 0.429. The zero-order valence-electron chi connectivity index (χ0n) is 17.2. The first-order valence-electron chi connectivity index (χ1n) is 9.97. The number of thiophene rings is 1. The van der Waals surface area contributed by atoms with Crippen molar-refractivity contribution in [1.29, 1.82) is 5.26 Å². The normalized spacial score (nSPS) is 14.8. The summed E-state index contributed by atoms with van der Waals surface area (Å²) in [7, 11) is -1.98. The van der Waals surface area contributed by atoms with Gasteiger partial charge in [-0.15, -0.1) is 11.3 Å². The molecule has 0 unspecified atom stereocenters. The minimum Gasteiger partial charge on any atom is -0.493 e. The number of rotatable bonds is 9. The van der Waals surface area contributed by atoms with Crippen LogP contribution < -0.4 is 14.2 Å². The van der Waals surface area contributed by atoms with Gasteiger partial charge in [0.2, 0.25) is 15.9 Å². The molecule has 0 aliphatic carbocycles. The Morgan fingerprint density at radius 3 is 2.71 bits per heavy atom. The Labute approximate surface area is 186 Å². The van der Waals surface area contributed by atoms with Crippen LogP contribution in [0.2, 0.25) is 0 Å². The highest BCUT2D eigenvalue weighted by atomic mass is 32.2. The van der Waals surface area contributed by atoms with E-state index in [1.54, 1.807) is 40.6 Å². The largest absolute Gasteiger partial charge is 0.493 e. The number of methoxy groups -OCH3 is 1. The van der Waals surface area contributed by atoms with Gasteiger partial charge in [-0.1, -0.05) is 6.07 Å². The zero-order chi connectivity index (χ0) is 22.3. The lowest BCUT2D eigenvalue weighted by atomic mass is 10.1. The molecule has 1 N–H and O–H groups in total. The maximum absolute atomic E-state index is 12.5. The number of amides is 1. The van der Waals surface area contributed by atoms with Gasteiger partial charge in [-0.25, -0.2) is 13.1 Å². The van der Waals surface area contributed by atoms with E-state index in [4.69, 9.17) is 14.7 Å². The lowest BCUT2D eigenvalue weighted by Gasteiger charge is -2.32. The second-order valence-corrected chi connectivity index (χ2v) is 10.0. The van der Waals surface area contributed by atoms with Crippen LogP contribution in [0.3, 0.4) is 0 Å². The van der Waals surface area contributed by atoms with Crippen LogP contribution in [0.5, 0.6) is 11.5 Å². The van der Waals surface area contributed by atoms with Crippen LogP contribution in [0.15, 0.2) is 39.9 Å². The molecule has 0 radical (unpaired) electrons. The number of hydrogen-bond donors (Lipinski definition) is 1. The molecule has 1 aromatic carbocycles. The van der Waals surface area contributed by atoms with Gasteiger partial charge in [-0.3, -0.25) is 4.79 Å². The van der Waals surface area contributed by atoms with Gasteiger partial charge in [0, 0.05) is 31.6 Å². The number of sulfonamides is 1. The third-order valence-corrected chi connectivity index (χ3v) is 7.93. The maximum atomic E-state index is 12.5. The molecule has 166 valence electrons. The number of ether oxygens (including phenoxy) is 2. The lowest BCUT2D eigenvalue weighted by molar-refractivity contribution is -0.132. The minimum atomic E-state index is -3.49. The summed E-state index contributed by atoms with van der Waals surface area (Å²) in [5.41, 5.74) is 0.487. The first-order chi connectivity index (χ1) is 14.9. The van der Waals surface area contributed by atoms with Crippen LogP contribution in [0.25, 0.3) is 0 Å². The van der Waals surface area contributed by atoms with Crippen molar-refractivity contribution in [1.82, 2.24) is 9.62 Å². The Hall–Kier alpha value is -2.61. The second-order valence-electron chi connectivity index (χ2n) is 7.14. The molecular weight excluding hydrogens is 438 g/mol. The molecule has 1 amide bonds. The molecule has 1 saturated heterocycles. The minimum absolute atomic E-state index is 0.0370. The third-order valence-electron chi connectivity index (χ3n) is 5.01. The molecular formula is C21H25N3O5S2. The number of nitrogens with zero attached hydrogens (tertiary/aromatic N) is 2. The smallest absolute Gasteiger partial charge is 0.250 e. The third kappa shape index (κ3) is 6.19. The van der Waals surface area contributed by atoms with Gasteiger partial charge in [-0.2, -0.15) is 5.26 Å². The zero-order valence-corrected chi connectivity index (χ0v) is 18.9. The van der Waals surface area contributed by atoms with Crippen molar-refractivity contribution in [2.45, 2.75) is 35.9 Å². The topological polar surface area (TPSA) is 109 Å². The van der Waals surface area contributed by atoms with E-state index in [0.29, 0.717) is 66.7 Å². The summed E-state index contributed by atoms with van der Waals surface area (Å²) in [4.78, 5) is 14.2. The second kappa shape index (κ2) is 10.6.